The van der Waals surface area contributed by atoms with Crippen molar-refractivity contribution >= 4 is 11.4 Å². The van der Waals surface area contributed by atoms with Crippen LogP contribution in [0.1, 0.15) is 11.1 Å². The lowest BCUT2D eigenvalue weighted by atomic mass is 10.1. The number of benzene rings is 2. The first kappa shape index (κ1) is 18.3. The van der Waals surface area contributed by atoms with Crippen LogP contribution in [0.2, 0.25) is 0 Å². The summed E-state index contributed by atoms with van der Waals surface area (Å²) in [5.74, 6) is 0. The molecule has 3 rings (SSSR count). The van der Waals surface area contributed by atoms with Crippen LogP contribution in [0, 0.1) is 13.5 Å². The number of halogens is 3. The summed E-state index contributed by atoms with van der Waals surface area (Å²) in [6.45, 7) is 8.88. The Morgan fingerprint density at radius 1 is 1.04 bits per heavy atom. The molecular formula is C20H14F3N3O. The van der Waals surface area contributed by atoms with E-state index in [2.05, 4.69) is 10.3 Å². The van der Waals surface area contributed by atoms with Crippen LogP contribution in [0.15, 0.2) is 65.5 Å². The van der Waals surface area contributed by atoms with Gasteiger partial charge >= 0.3 is 6.18 Å². The maximum atomic E-state index is 13.4. The zero-order chi connectivity index (χ0) is 19.6. The first-order valence-electron chi connectivity index (χ1n) is 7.95. The number of hydrogen-bond acceptors (Lipinski definition) is 2. The highest BCUT2D eigenvalue weighted by molar-refractivity contribution is 5.67. The number of pyridine rings is 1. The summed E-state index contributed by atoms with van der Waals surface area (Å²) in [7, 11) is 0. The average molecular weight is 369 g/mol. The lowest BCUT2D eigenvalue weighted by Crippen LogP contribution is -2.29. The van der Waals surface area contributed by atoms with Crippen LogP contribution in [-0.4, -0.2) is 4.68 Å². The maximum Gasteiger partial charge on any atom is 0.407 e. The van der Waals surface area contributed by atoms with Crippen LogP contribution >= 0.6 is 0 Å². The molecule has 0 bridgehead atoms. The monoisotopic (exact) mass is 369 g/mol. The second kappa shape index (κ2) is 7.00. The van der Waals surface area contributed by atoms with Crippen LogP contribution in [-0.2, 0) is 6.18 Å². The van der Waals surface area contributed by atoms with Crippen LogP contribution in [0.3, 0.4) is 0 Å². The molecule has 0 aliphatic heterocycles. The molecule has 0 atom stereocenters. The minimum absolute atomic E-state index is 0.0206. The number of anilines is 1. The third-order valence-electron chi connectivity index (χ3n) is 3.93. The molecule has 0 radical (unpaired) electrons. The van der Waals surface area contributed by atoms with Crippen LogP contribution in [0.4, 0.5) is 24.5 Å². The number of aromatic nitrogens is 1. The molecule has 1 N–H and O–H groups in total. The summed E-state index contributed by atoms with van der Waals surface area (Å²) in [4.78, 5) is 15.6. The molecule has 27 heavy (non-hydrogen) atoms. The number of rotatable bonds is 3. The zero-order valence-corrected chi connectivity index (χ0v) is 14.2. The number of alkyl halides is 3. The van der Waals surface area contributed by atoms with Crippen molar-refractivity contribution in [3.63, 3.8) is 0 Å². The van der Waals surface area contributed by atoms with Gasteiger partial charge in [0.05, 0.1) is 23.5 Å². The van der Waals surface area contributed by atoms with Crippen LogP contribution in [0.5, 0.6) is 0 Å². The molecule has 4 nitrogen and oxygen atoms in total. The van der Waals surface area contributed by atoms with Gasteiger partial charge in [-0.1, -0.05) is 42.0 Å². The van der Waals surface area contributed by atoms with Crippen molar-refractivity contribution in [2.24, 2.45) is 0 Å². The molecule has 0 spiro atoms. The molecule has 0 amide bonds. The van der Waals surface area contributed by atoms with Gasteiger partial charge in [0.1, 0.15) is 0 Å². The van der Waals surface area contributed by atoms with Crippen LogP contribution < -0.4 is 11.0 Å². The van der Waals surface area contributed by atoms with Crippen molar-refractivity contribution in [3.05, 3.63) is 93.6 Å². The molecule has 0 fully saturated rings. The van der Waals surface area contributed by atoms with Crippen molar-refractivity contribution in [1.29, 1.82) is 0 Å². The summed E-state index contributed by atoms with van der Waals surface area (Å²) in [5, 5.41) is 0. The van der Waals surface area contributed by atoms with Gasteiger partial charge in [0.2, 0.25) is 0 Å². The van der Waals surface area contributed by atoms with Gasteiger partial charge in [-0.15, -0.1) is 0 Å². The lowest BCUT2D eigenvalue weighted by Gasteiger charge is -2.19. The van der Waals surface area contributed by atoms with Gasteiger partial charge < -0.3 is 0 Å². The Morgan fingerprint density at radius 3 is 2.33 bits per heavy atom. The Kier molecular flexibility index (Phi) is 4.74. The average Bonchev–Trinajstić information content (AvgIpc) is 2.63. The number of nitrogens with one attached hydrogen (secondary N) is 1. The van der Waals surface area contributed by atoms with E-state index in [4.69, 9.17) is 6.57 Å². The first-order chi connectivity index (χ1) is 12.8. The van der Waals surface area contributed by atoms with Crippen molar-refractivity contribution < 1.29 is 13.2 Å². The van der Waals surface area contributed by atoms with Crippen molar-refractivity contribution in [3.8, 4) is 11.3 Å². The van der Waals surface area contributed by atoms with Gasteiger partial charge in [0.15, 0.2) is 0 Å². The number of aryl methyl sites for hydroxylation is 1. The van der Waals surface area contributed by atoms with E-state index in [1.54, 1.807) is 61.5 Å². The predicted octanol–water partition coefficient (Wildman–Crippen LogP) is 5.27. The van der Waals surface area contributed by atoms with Gasteiger partial charge in [-0.3, -0.25) is 10.2 Å². The highest BCUT2D eigenvalue weighted by Gasteiger charge is 2.36. The molecule has 7 heteroatoms. The quantitative estimate of drug-likeness (QED) is 0.639. The molecule has 0 aliphatic carbocycles. The fraction of sp³-hybridized carbons (Fsp3) is 0.100. The van der Waals surface area contributed by atoms with Crippen molar-refractivity contribution in [1.82, 2.24) is 4.68 Å². The Balaban J connectivity index is 2.33. The van der Waals surface area contributed by atoms with E-state index in [9.17, 15) is 18.0 Å². The molecule has 0 unspecified atom stereocenters. The normalized spacial score (nSPS) is 11.1. The topological polar surface area (TPSA) is 38.4 Å². The molecule has 1 aromatic heterocycles. The van der Waals surface area contributed by atoms with E-state index in [0.29, 0.717) is 11.3 Å². The Morgan fingerprint density at radius 2 is 1.74 bits per heavy atom. The minimum atomic E-state index is -4.82. The van der Waals surface area contributed by atoms with Gasteiger partial charge in [-0.2, -0.15) is 13.2 Å². The lowest BCUT2D eigenvalue weighted by molar-refractivity contribution is -0.136. The van der Waals surface area contributed by atoms with E-state index in [0.717, 1.165) is 16.3 Å². The third kappa shape index (κ3) is 3.70. The molecule has 0 aliphatic rings. The van der Waals surface area contributed by atoms with Gasteiger partial charge in [-0.25, -0.2) is 9.52 Å². The predicted molar refractivity (Wildman–Crippen MR) is 97.6 cm³/mol. The zero-order valence-electron chi connectivity index (χ0n) is 14.2. The summed E-state index contributed by atoms with van der Waals surface area (Å²) in [5.41, 5.74) is 1.32. The first-order valence-corrected chi connectivity index (χ1v) is 7.95. The fourth-order valence-corrected chi connectivity index (χ4v) is 2.69. The molecule has 136 valence electrons. The van der Waals surface area contributed by atoms with E-state index in [1.165, 1.54) is 0 Å². The maximum absolute atomic E-state index is 13.4. The Bertz CT molecular complexity index is 1080. The van der Waals surface area contributed by atoms with E-state index in [1.807, 2.05) is 0 Å². The molecule has 0 saturated carbocycles. The van der Waals surface area contributed by atoms with E-state index < -0.39 is 23.0 Å². The highest BCUT2D eigenvalue weighted by Crippen LogP contribution is 2.37. The molecule has 2 aromatic carbocycles. The standard InChI is InChI=1S/C20H14F3N3O/c1-13-7-6-8-14(11-13)17-12-16(20(21,22)23)18(24-2)19(27)26(17)25-15-9-4-3-5-10-15/h3-12,25H,1H3. The molecular weight excluding hydrogens is 355 g/mol. The molecule has 0 saturated heterocycles. The van der Waals surface area contributed by atoms with E-state index >= 15 is 0 Å². The number of nitrogens with zero attached hydrogens (tertiary/aromatic N) is 2. The SMILES string of the molecule is [C-]#[N+]c1c(C(F)(F)F)cc(-c2cccc(C)c2)n(Nc2ccccc2)c1=O. The smallest absolute Gasteiger partial charge is 0.292 e. The number of para-hydroxylation sites is 1. The third-order valence-corrected chi connectivity index (χ3v) is 3.93. The summed E-state index contributed by atoms with van der Waals surface area (Å²) < 4.78 is 41.3. The van der Waals surface area contributed by atoms with Gasteiger partial charge in [-0.05, 0) is 31.2 Å². The van der Waals surface area contributed by atoms with E-state index in [-0.39, 0.29) is 5.69 Å². The second-order valence-corrected chi connectivity index (χ2v) is 5.89. The molecule has 3 aromatic rings. The van der Waals surface area contributed by atoms with Gasteiger partial charge in [0, 0.05) is 5.56 Å². The number of hydrogen-bond donors (Lipinski definition) is 1. The van der Waals surface area contributed by atoms with Crippen molar-refractivity contribution in [2.75, 3.05) is 5.43 Å². The minimum Gasteiger partial charge on any atom is -0.292 e. The largest absolute Gasteiger partial charge is 0.407 e. The summed E-state index contributed by atoms with van der Waals surface area (Å²) in [6, 6.07) is 16.2. The second-order valence-electron chi connectivity index (χ2n) is 5.89. The highest BCUT2D eigenvalue weighted by atomic mass is 19.4. The Hall–Kier alpha value is -3.53. The van der Waals surface area contributed by atoms with Crippen molar-refractivity contribution in [2.45, 2.75) is 13.1 Å². The Labute approximate surface area is 153 Å². The summed E-state index contributed by atoms with van der Waals surface area (Å²) in [6.07, 6.45) is -4.82. The van der Waals surface area contributed by atoms with Crippen LogP contribution in [0.25, 0.3) is 16.1 Å². The summed E-state index contributed by atoms with van der Waals surface area (Å²) >= 11 is 0. The molecule has 1 heterocycles. The fourth-order valence-electron chi connectivity index (χ4n) is 2.69. The van der Waals surface area contributed by atoms with Gasteiger partial charge in [0.25, 0.3) is 11.2 Å².